The van der Waals surface area contributed by atoms with Gasteiger partial charge in [-0.2, -0.15) is 0 Å². The summed E-state index contributed by atoms with van der Waals surface area (Å²) in [5.74, 6) is 0.712. The minimum absolute atomic E-state index is 0.376. The van der Waals surface area contributed by atoms with E-state index >= 15 is 0 Å². The van der Waals surface area contributed by atoms with Gasteiger partial charge in [0.05, 0.1) is 23.8 Å². The van der Waals surface area contributed by atoms with Crippen molar-refractivity contribution in [1.82, 2.24) is 15.2 Å². The van der Waals surface area contributed by atoms with Gasteiger partial charge in [-0.1, -0.05) is 18.2 Å². The van der Waals surface area contributed by atoms with Crippen molar-refractivity contribution in [2.75, 3.05) is 55.9 Å². The van der Waals surface area contributed by atoms with Gasteiger partial charge in [-0.15, -0.1) is 0 Å². The lowest BCUT2D eigenvalue weighted by Crippen LogP contribution is -2.36. The first-order valence-corrected chi connectivity index (χ1v) is 16.2. The number of likely N-dealkylation sites (tertiary alicyclic amines) is 1. The molecular weight excluding hydrogens is 534 g/mol. The fourth-order valence-corrected chi connectivity index (χ4v) is 6.77. The largest absolute Gasteiger partial charge is 0.378 e. The molecule has 41 heavy (non-hydrogen) atoms. The molecule has 0 unspecified atom stereocenters. The topological polar surface area (TPSA) is 86.8 Å². The molecule has 0 saturated carbocycles. The van der Waals surface area contributed by atoms with E-state index in [4.69, 9.17) is 9.72 Å². The lowest BCUT2D eigenvalue weighted by atomic mass is 9.99. The summed E-state index contributed by atoms with van der Waals surface area (Å²) in [6.07, 6.45) is 9.59. The summed E-state index contributed by atoms with van der Waals surface area (Å²) in [4.78, 5) is 10.1. The molecule has 0 amide bonds. The van der Waals surface area contributed by atoms with Gasteiger partial charge in [-0.3, -0.25) is 4.90 Å². The van der Waals surface area contributed by atoms with Crippen LogP contribution < -0.4 is 15.5 Å². The Morgan fingerprint density at radius 2 is 1.78 bits per heavy atom. The Balaban J connectivity index is 1.37. The highest BCUT2D eigenvalue weighted by atomic mass is 32.2. The normalized spacial score (nSPS) is 18.4. The third kappa shape index (κ3) is 6.02. The number of aromatic nitrogens is 1. The van der Waals surface area contributed by atoms with E-state index in [1.807, 2.05) is 43.5 Å². The quantitative estimate of drug-likeness (QED) is 0.397. The maximum absolute atomic E-state index is 12.9. The molecule has 0 radical (unpaired) electrons. The second-order valence-electron chi connectivity index (χ2n) is 10.8. The molecule has 0 bridgehead atoms. The molecule has 8 nitrogen and oxygen atoms in total. The van der Waals surface area contributed by atoms with Gasteiger partial charge in [-0.05, 0) is 86.5 Å². The Labute approximate surface area is 242 Å². The summed E-state index contributed by atoms with van der Waals surface area (Å²) in [5, 5.41) is 6.88. The predicted molar refractivity (Wildman–Crippen MR) is 166 cm³/mol. The number of benzene rings is 2. The van der Waals surface area contributed by atoms with Crippen LogP contribution in [0.4, 0.5) is 17.2 Å². The summed E-state index contributed by atoms with van der Waals surface area (Å²) in [5.41, 5.74) is 7.39. The molecule has 0 aliphatic carbocycles. The summed E-state index contributed by atoms with van der Waals surface area (Å²) >= 11 is 0. The Hall–Kier alpha value is -3.66. The highest BCUT2D eigenvalue weighted by Gasteiger charge is 2.22. The molecule has 6 rings (SSSR count). The molecule has 0 atom stereocenters. The minimum atomic E-state index is -3.42. The third-order valence-electron chi connectivity index (χ3n) is 7.97. The van der Waals surface area contributed by atoms with E-state index in [-0.39, 0.29) is 0 Å². The summed E-state index contributed by atoms with van der Waals surface area (Å²) in [6, 6.07) is 16.2. The number of rotatable bonds is 7. The van der Waals surface area contributed by atoms with Crippen molar-refractivity contribution in [3.05, 3.63) is 77.5 Å². The van der Waals surface area contributed by atoms with E-state index < -0.39 is 9.84 Å². The van der Waals surface area contributed by atoms with Crippen LogP contribution in [0, 0.1) is 0 Å². The number of nitrogens with one attached hydrogen (secondary N) is 2. The molecule has 9 heteroatoms. The molecule has 0 spiro atoms. The standard InChI is InChI=1S/C32H37N5O3S/c1-3-28-31-24(12-13-33-28)20-29(23-6-7-25(22-36-14-4-5-15-36)30(21-23)41(2,38)39)35-32(31)34-26-8-10-27(11-9-26)37-16-18-40-19-17-37/h3,6-13,20-21,33H,4-5,14-19,22H2,1-2H3,(H,34,35)/b28-3+. The van der Waals surface area contributed by atoms with E-state index in [1.54, 1.807) is 6.07 Å². The minimum Gasteiger partial charge on any atom is -0.378 e. The van der Waals surface area contributed by atoms with Crippen molar-refractivity contribution in [3.63, 3.8) is 0 Å². The number of allylic oxidation sites excluding steroid dienone is 1. The maximum Gasteiger partial charge on any atom is 0.175 e. The number of morpholine rings is 1. The summed E-state index contributed by atoms with van der Waals surface area (Å²) in [7, 11) is -3.42. The number of sulfone groups is 1. The fourth-order valence-electron chi connectivity index (χ4n) is 5.82. The molecule has 2 aromatic carbocycles. The number of hydrogen-bond donors (Lipinski definition) is 2. The number of nitrogens with zero attached hydrogens (tertiary/aromatic N) is 3. The molecule has 3 aliphatic heterocycles. The van der Waals surface area contributed by atoms with Gasteiger partial charge in [0.15, 0.2) is 9.84 Å². The van der Waals surface area contributed by atoms with Crippen LogP contribution in [0.25, 0.3) is 23.0 Å². The van der Waals surface area contributed by atoms with Crippen molar-refractivity contribution in [3.8, 4) is 11.3 Å². The number of fused-ring (bicyclic) bond motifs is 1. The molecule has 214 valence electrons. The molecular formula is C32H37N5O3S. The Morgan fingerprint density at radius 3 is 2.49 bits per heavy atom. The van der Waals surface area contributed by atoms with E-state index in [2.05, 4.69) is 44.7 Å². The van der Waals surface area contributed by atoms with Gasteiger partial charge < -0.3 is 20.3 Å². The van der Waals surface area contributed by atoms with Crippen molar-refractivity contribution < 1.29 is 13.2 Å². The summed E-state index contributed by atoms with van der Waals surface area (Å²) < 4.78 is 31.3. The van der Waals surface area contributed by atoms with E-state index in [1.165, 1.54) is 11.9 Å². The van der Waals surface area contributed by atoms with Crippen LogP contribution in [-0.2, 0) is 21.1 Å². The van der Waals surface area contributed by atoms with E-state index in [0.29, 0.717) is 17.3 Å². The average Bonchev–Trinajstić information content (AvgIpc) is 3.50. The number of ether oxygens (including phenoxy) is 1. The zero-order chi connectivity index (χ0) is 28.4. The van der Waals surface area contributed by atoms with Gasteiger partial charge in [0.2, 0.25) is 0 Å². The van der Waals surface area contributed by atoms with E-state index in [9.17, 15) is 8.42 Å². The first kappa shape index (κ1) is 27.5. The van der Waals surface area contributed by atoms with Crippen LogP contribution in [0.2, 0.25) is 0 Å². The predicted octanol–water partition coefficient (Wildman–Crippen LogP) is 5.26. The van der Waals surface area contributed by atoms with Gasteiger partial charge in [0.1, 0.15) is 5.82 Å². The highest BCUT2D eigenvalue weighted by molar-refractivity contribution is 7.90. The van der Waals surface area contributed by atoms with Gasteiger partial charge in [-0.25, -0.2) is 13.4 Å². The molecule has 4 heterocycles. The lowest BCUT2D eigenvalue weighted by Gasteiger charge is -2.29. The first-order valence-electron chi connectivity index (χ1n) is 14.3. The van der Waals surface area contributed by atoms with Crippen LogP contribution in [0.1, 0.15) is 36.5 Å². The van der Waals surface area contributed by atoms with Crippen LogP contribution in [0.5, 0.6) is 0 Å². The average molecular weight is 572 g/mol. The number of pyridine rings is 1. The summed E-state index contributed by atoms with van der Waals surface area (Å²) in [6.45, 7) is 7.92. The fraction of sp³-hybridized carbons (Fsp3) is 0.344. The maximum atomic E-state index is 12.9. The van der Waals surface area contributed by atoms with Crippen molar-refractivity contribution in [2.24, 2.45) is 0 Å². The molecule has 2 saturated heterocycles. The zero-order valence-corrected chi connectivity index (χ0v) is 24.5. The van der Waals surface area contributed by atoms with Crippen molar-refractivity contribution >= 4 is 38.8 Å². The van der Waals surface area contributed by atoms with Gasteiger partial charge in [0, 0.05) is 60.3 Å². The molecule has 3 aliphatic rings. The first-order chi connectivity index (χ1) is 19.9. The molecule has 1 aromatic heterocycles. The van der Waals surface area contributed by atoms with Crippen LogP contribution in [0.15, 0.2) is 65.7 Å². The highest BCUT2D eigenvalue weighted by Crippen LogP contribution is 2.35. The van der Waals surface area contributed by atoms with Crippen LogP contribution >= 0.6 is 0 Å². The van der Waals surface area contributed by atoms with E-state index in [0.717, 1.165) is 91.6 Å². The Morgan fingerprint density at radius 1 is 1.02 bits per heavy atom. The zero-order valence-electron chi connectivity index (χ0n) is 23.7. The third-order valence-corrected chi connectivity index (χ3v) is 9.15. The molecule has 2 N–H and O–H groups in total. The second kappa shape index (κ2) is 11.7. The second-order valence-corrected chi connectivity index (χ2v) is 12.8. The van der Waals surface area contributed by atoms with Gasteiger partial charge in [0.25, 0.3) is 0 Å². The monoisotopic (exact) mass is 571 g/mol. The van der Waals surface area contributed by atoms with Crippen LogP contribution in [-0.4, -0.2) is 64.0 Å². The smallest absolute Gasteiger partial charge is 0.175 e. The Bertz CT molecular complexity index is 1590. The van der Waals surface area contributed by atoms with Gasteiger partial charge >= 0.3 is 0 Å². The Kier molecular flexibility index (Phi) is 7.84. The molecule has 3 aromatic rings. The van der Waals surface area contributed by atoms with Crippen molar-refractivity contribution in [2.45, 2.75) is 31.2 Å². The number of hydrogen-bond acceptors (Lipinski definition) is 8. The lowest BCUT2D eigenvalue weighted by molar-refractivity contribution is 0.122. The molecule has 2 fully saturated rings. The van der Waals surface area contributed by atoms with Crippen LogP contribution in [0.3, 0.4) is 0 Å². The van der Waals surface area contributed by atoms with Crippen molar-refractivity contribution in [1.29, 1.82) is 0 Å². The SMILES string of the molecule is C/C=C1/NC=Cc2cc(-c3ccc(CN4CCCC4)c(S(C)(=O)=O)c3)nc(Nc3ccc(N4CCOCC4)cc3)c21. The number of anilines is 3.